The number of piperidine rings is 1. The van der Waals surface area contributed by atoms with Gasteiger partial charge in [-0.25, -0.2) is 0 Å². The molecule has 2 rings (SSSR count). The fraction of sp³-hybridized carbons (Fsp3) is 0.556. The third-order valence-electron chi connectivity index (χ3n) is 4.77. The summed E-state index contributed by atoms with van der Waals surface area (Å²) in [6.45, 7) is 10.5. The second-order valence-corrected chi connectivity index (χ2v) is 6.16. The van der Waals surface area contributed by atoms with Crippen LogP contribution in [0.1, 0.15) is 25.8 Å². The third kappa shape index (κ3) is 3.71. The molecule has 4 atom stereocenters. The van der Waals surface area contributed by atoms with Crippen molar-refractivity contribution in [1.29, 1.82) is 0 Å². The first-order valence-corrected chi connectivity index (χ1v) is 7.70. The Morgan fingerprint density at radius 3 is 2.75 bits per heavy atom. The van der Waals surface area contributed by atoms with E-state index >= 15 is 0 Å². The molecule has 1 aliphatic heterocycles. The first kappa shape index (κ1) is 15.3. The number of aliphatic hydroxyl groups is 1. The van der Waals surface area contributed by atoms with E-state index < -0.39 is 0 Å². The number of rotatable bonds is 5. The van der Waals surface area contributed by atoms with Crippen LogP contribution in [0.3, 0.4) is 0 Å². The molecule has 0 aliphatic carbocycles. The molecule has 0 radical (unpaired) electrons. The first-order valence-electron chi connectivity index (χ1n) is 7.70. The van der Waals surface area contributed by atoms with Gasteiger partial charge in [-0.2, -0.15) is 0 Å². The minimum absolute atomic E-state index is 0.199. The Morgan fingerprint density at radius 1 is 1.40 bits per heavy atom. The van der Waals surface area contributed by atoms with Crippen molar-refractivity contribution in [3.8, 4) is 0 Å². The monoisotopic (exact) mass is 273 g/mol. The van der Waals surface area contributed by atoms with Crippen molar-refractivity contribution < 1.29 is 5.11 Å². The van der Waals surface area contributed by atoms with Gasteiger partial charge in [0.15, 0.2) is 0 Å². The van der Waals surface area contributed by atoms with Gasteiger partial charge in [-0.3, -0.25) is 4.90 Å². The Hall–Kier alpha value is -1.12. The van der Waals surface area contributed by atoms with Crippen molar-refractivity contribution in [3.63, 3.8) is 0 Å². The van der Waals surface area contributed by atoms with Crippen LogP contribution in [0.25, 0.3) is 0 Å². The van der Waals surface area contributed by atoms with Crippen LogP contribution in [0.2, 0.25) is 0 Å². The molecule has 1 N–H and O–H groups in total. The zero-order chi connectivity index (χ0) is 14.5. The van der Waals surface area contributed by atoms with Crippen molar-refractivity contribution in [2.75, 3.05) is 13.1 Å². The van der Waals surface area contributed by atoms with Crippen LogP contribution in [-0.2, 0) is 6.42 Å². The highest BCUT2D eigenvalue weighted by Crippen LogP contribution is 2.26. The Balaban J connectivity index is 1.93. The second-order valence-electron chi connectivity index (χ2n) is 6.16. The van der Waals surface area contributed by atoms with Gasteiger partial charge in [0.25, 0.3) is 0 Å². The van der Waals surface area contributed by atoms with Gasteiger partial charge in [0.1, 0.15) is 0 Å². The minimum Gasteiger partial charge on any atom is -0.391 e. The Kier molecular flexibility index (Phi) is 5.38. The topological polar surface area (TPSA) is 23.5 Å². The average Bonchev–Trinajstić information content (AvgIpc) is 2.48. The number of aliphatic hydroxyl groups excluding tert-OH is 1. The van der Waals surface area contributed by atoms with Gasteiger partial charge in [-0.1, -0.05) is 43.3 Å². The molecule has 1 aromatic rings. The predicted molar refractivity (Wildman–Crippen MR) is 84.7 cm³/mol. The van der Waals surface area contributed by atoms with Gasteiger partial charge >= 0.3 is 0 Å². The summed E-state index contributed by atoms with van der Waals surface area (Å²) < 4.78 is 0. The van der Waals surface area contributed by atoms with E-state index in [2.05, 4.69) is 43.5 Å². The third-order valence-corrected chi connectivity index (χ3v) is 4.77. The maximum absolute atomic E-state index is 10.5. The molecule has 0 bridgehead atoms. The maximum atomic E-state index is 10.5. The lowest BCUT2D eigenvalue weighted by Crippen LogP contribution is -2.49. The van der Waals surface area contributed by atoms with E-state index in [0.29, 0.717) is 11.8 Å². The number of likely N-dealkylation sites (tertiary alicyclic amines) is 1. The van der Waals surface area contributed by atoms with Crippen LogP contribution in [0.4, 0.5) is 0 Å². The van der Waals surface area contributed by atoms with Crippen molar-refractivity contribution in [2.45, 2.75) is 38.8 Å². The van der Waals surface area contributed by atoms with Gasteiger partial charge in [-0.15, -0.1) is 6.58 Å². The maximum Gasteiger partial charge on any atom is 0.0732 e. The zero-order valence-electron chi connectivity index (χ0n) is 12.7. The molecule has 0 saturated carbocycles. The average molecular weight is 273 g/mol. The van der Waals surface area contributed by atoms with Crippen molar-refractivity contribution in [2.24, 2.45) is 11.8 Å². The van der Waals surface area contributed by atoms with Crippen LogP contribution in [0.5, 0.6) is 0 Å². The molecule has 0 amide bonds. The first-order chi connectivity index (χ1) is 9.61. The molecular weight excluding hydrogens is 246 g/mol. The van der Waals surface area contributed by atoms with Gasteiger partial charge in [0.05, 0.1) is 6.10 Å². The summed E-state index contributed by atoms with van der Waals surface area (Å²) >= 11 is 0. The molecule has 2 unspecified atom stereocenters. The van der Waals surface area contributed by atoms with Crippen LogP contribution < -0.4 is 0 Å². The fourth-order valence-corrected chi connectivity index (χ4v) is 3.07. The number of benzene rings is 1. The molecule has 0 aromatic heterocycles. The standard InChI is InChI=1S/C18H27NO/c1-4-17-13-19(11-10-14(17)2)15(3)18(20)12-16-8-6-5-7-9-16/h4-9,14-15,17-18,20H,1,10-13H2,2-3H3/t14?,15-,17?,18+/m0/s1. The van der Waals surface area contributed by atoms with Crippen LogP contribution in [-0.4, -0.2) is 35.2 Å². The largest absolute Gasteiger partial charge is 0.391 e. The summed E-state index contributed by atoms with van der Waals surface area (Å²) in [6.07, 6.45) is 3.69. The van der Waals surface area contributed by atoms with Crippen molar-refractivity contribution in [1.82, 2.24) is 4.90 Å². The SMILES string of the molecule is C=CC1CN([C@@H](C)[C@H](O)Cc2ccccc2)CCC1C. The van der Waals surface area contributed by atoms with Crippen LogP contribution in [0.15, 0.2) is 43.0 Å². The molecule has 1 aliphatic rings. The Bertz CT molecular complexity index is 417. The molecule has 1 heterocycles. The summed E-state index contributed by atoms with van der Waals surface area (Å²) in [7, 11) is 0. The molecule has 2 heteroatoms. The quantitative estimate of drug-likeness (QED) is 0.833. The van der Waals surface area contributed by atoms with Gasteiger partial charge in [0.2, 0.25) is 0 Å². The van der Waals surface area contributed by atoms with E-state index in [1.807, 2.05) is 18.2 Å². The predicted octanol–water partition coefficient (Wildman–Crippen LogP) is 3.12. The van der Waals surface area contributed by atoms with Crippen molar-refractivity contribution >= 4 is 0 Å². The summed E-state index contributed by atoms with van der Waals surface area (Å²) in [5, 5.41) is 10.5. The van der Waals surface area contributed by atoms with E-state index in [0.717, 1.165) is 19.5 Å². The van der Waals surface area contributed by atoms with E-state index in [9.17, 15) is 5.11 Å². The Labute approximate surface area is 123 Å². The summed E-state index contributed by atoms with van der Waals surface area (Å²) in [6, 6.07) is 10.4. The Morgan fingerprint density at radius 2 is 2.10 bits per heavy atom. The smallest absolute Gasteiger partial charge is 0.0732 e. The second kappa shape index (κ2) is 7.05. The van der Waals surface area contributed by atoms with Crippen LogP contribution in [0, 0.1) is 11.8 Å². The van der Waals surface area contributed by atoms with E-state index in [1.165, 1.54) is 12.0 Å². The highest BCUT2D eigenvalue weighted by Gasteiger charge is 2.29. The number of hydrogen-bond acceptors (Lipinski definition) is 2. The van der Waals surface area contributed by atoms with Gasteiger partial charge in [0, 0.05) is 12.6 Å². The highest BCUT2D eigenvalue weighted by molar-refractivity contribution is 5.15. The highest BCUT2D eigenvalue weighted by atomic mass is 16.3. The minimum atomic E-state index is -0.309. The normalized spacial score (nSPS) is 26.9. The lowest BCUT2D eigenvalue weighted by Gasteiger charge is -2.40. The lowest BCUT2D eigenvalue weighted by atomic mass is 9.86. The van der Waals surface area contributed by atoms with Gasteiger partial charge < -0.3 is 5.11 Å². The number of hydrogen-bond donors (Lipinski definition) is 1. The van der Waals surface area contributed by atoms with E-state index in [4.69, 9.17) is 0 Å². The number of nitrogens with zero attached hydrogens (tertiary/aromatic N) is 1. The summed E-state index contributed by atoms with van der Waals surface area (Å²) in [5.41, 5.74) is 1.21. The molecule has 0 spiro atoms. The summed E-state index contributed by atoms with van der Waals surface area (Å²) in [4.78, 5) is 2.42. The molecule has 1 aromatic carbocycles. The zero-order valence-corrected chi connectivity index (χ0v) is 12.7. The van der Waals surface area contributed by atoms with E-state index in [1.54, 1.807) is 0 Å². The molecule has 20 heavy (non-hydrogen) atoms. The molecular formula is C18H27NO. The lowest BCUT2D eigenvalue weighted by molar-refractivity contribution is 0.0283. The van der Waals surface area contributed by atoms with Crippen molar-refractivity contribution in [3.05, 3.63) is 48.6 Å². The fourth-order valence-electron chi connectivity index (χ4n) is 3.07. The summed E-state index contributed by atoms with van der Waals surface area (Å²) in [5.74, 6) is 1.26. The molecule has 1 fully saturated rings. The van der Waals surface area contributed by atoms with Gasteiger partial charge in [-0.05, 0) is 43.7 Å². The van der Waals surface area contributed by atoms with Crippen LogP contribution >= 0.6 is 0 Å². The molecule has 2 nitrogen and oxygen atoms in total. The molecule has 1 saturated heterocycles. The van der Waals surface area contributed by atoms with E-state index in [-0.39, 0.29) is 12.1 Å². The molecule has 110 valence electrons.